The van der Waals surface area contributed by atoms with E-state index < -0.39 is 0 Å². The molecule has 0 amide bonds. The van der Waals surface area contributed by atoms with E-state index >= 15 is 0 Å². The number of benzene rings is 1. The minimum Gasteiger partial charge on any atom is -0.399 e. The van der Waals surface area contributed by atoms with Gasteiger partial charge in [-0.05, 0) is 30.2 Å². The summed E-state index contributed by atoms with van der Waals surface area (Å²) in [5, 5.41) is 0. The van der Waals surface area contributed by atoms with Gasteiger partial charge in [0, 0.05) is 7.11 Å². The monoisotopic (exact) mass is 187 g/mol. The molecule has 0 spiro atoms. The molecule has 1 rings (SSSR count). The van der Waals surface area contributed by atoms with Gasteiger partial charge in [0.1, 0.15) is 0 Å². The maximum absolute atomic E-state index is 5.60. The molecule has 14 heavy (non-hydrogen) atoms. The lowest BCUT2D eigenvalue weighted by atomic mass is 10.1. The highest BCUT2D eigenvalue weighted by Crippen LogP contribution is 2.15. The highest BCUT2D eigenvalue weighted by molar-refractivity contribution is 5.66. The number of hydrogen-bond acceptors (Lipinski definition) is 1. The largest absolute Gasteiger partial charge is 0.399 e. The summed E-state index contributed by atoms with van der Waals surface area (Å²) in [6, 6.07) is 7.85. The molecule has 1 heteroatoms. The molecule has 0 bridgehead atoms. The summed E-state index contributed by atoms with van der Waals surface area (Å²) >= 11 is 0. The molecular weight excluding hydrogens is 170 g/mol. The van der Waals surface area contributed by atoms with Crippen LogP contribution in [0.2, 0.25) is 0 Å². The van der Waals surface area contributed by atoms with Crippen molar-refractivity contribution in [2.45, 2.75) is 6.92 Å². The molecule has 0 heterocycles. The van der Waals surface area contributed by atoms with Crippen molar-refractivity contribution in [3.63, 3.8) is 0 Å². The summed E-state index contributed by atoms with van der Waals surface area (Å²) in [6.07, 6.45) is 7.68. The first kappa shape index (κ1) is 10.3. The first-order valence-electron chi connectivity index (χ1n) is 4.56. The van der Waals surface area contributed by atoms with Gasteiger partial charge in [-0.15, -0.1) is 0 Å². The number of allylic oxidation sites excluding steroid dienone is 5. The van der Waals surface area contributed by atoms with E-state index in [1.807, 2.05) is 42.5 Å². The average molecular weight is 187 g/mol. The molecule has 0 radical (unpaired) electrons. The Morgan fingerprint density at radius 1 is 1.29 bits per heavy atom. The maximum Gasteiger partial charge on any atom is 0.0314 e. The SMILES string of the molecule is C=C/C=C\C=C(/C)c1ccc(N)cc1.[HH]. The van der Waals surface area contributed by atoms with Crippen molar-refractivity contribution in [3.05, 3.63) is 60.7 Å². The van der Waals surface area contributed by atoms with Crippen LogP contribution in [0.1, 0.15) is 13.9 Å². The van der Waals surface area contributed by atoms with Crippen molar-refractivity contribution in [2.75, 3.05) is 5.73 Å². The Labute approximate surface area is 86.7 Å². The van der Waals surface area contributed by atoms with E-state index in [0.29, 0.717) is 0 Å². The van der Waals surface area contributed by atoms with Gasteiger partial charge in [0.25, 0.3) is 0 Å². The van der Waals surface area contributed by atoms with E-state index in [-0.39, 0.29) is 1.43 Å². The summed E-state index contributed by atoms with van der Waals surface area (Å²) in [7, 11) is 0. The predicted octanol–water partition coefficient (Wildman–Crippen LogP) is 3.66. The molecule has 1 aromatic rings. The van der Waals surface area contributed by atoms with Gasteiger partial charge >= 0.3 is 0 Å². The third kappa shape index (κ3) is 2.94. The van der Waals surface area contributed by atoms with Crippen LogP contribution in [-0.4, -0.2) is 0 Å². The Hall–Kier alpha value is -1.76. The number of nitrogens with two attached hydrogens (primary N) is 1. The lowest BCUT2D eigenvalue weighted by Gasteiger charge is -2.00. The van der Waals surface area contributed by atoms with E-state index in [9.17, 15) is 0 Å². The first-order chi connectivity index (χ1) is 6.74. The second-order valence-electron chi connectivity index (χ2n) is 3.09. The van der Waals surface area contributed by atoms with Crippen molar-refractivity contribution in [3.8, 4) is 0 Å². The van der Waals surface area contributed by atoms with Crippen molar-refractivity contribution in [1.29, 1.82) is 0 Å². The van der Waals surface area contributed by atoms with Crippen LogP contribution in [0.5, 0.6) is 0 Å². The fraction of sp³-hybridized carbons (Fsp3) is 0.0769. The molecule has 0 fully saturated rings. The number of rotatable bonds is 3. The van der Waals surface area contributed by atoms with Crippen LogP contribution in [0, 0.1) is 0 Å². The molecule has 2 N–H and O–H groups in total. The van der Waals surface area contributed by atoms with Gasteiger partial charge in [0.2, 0.25) is 0 Å². The Kier molecular flexibility index (Phi) is 3.74. The molecule has 0 saturated heterocycles. The molecule has 0 aromatic heterocycles. The molecule has 1 aromatic carbocycles. The van der Waals surface area contributed by atoms with Crippen LogP contribution in [0.25, 0.3) is 5.57 Å². The van der Waals surface area contributed by atoms with Crippen molar-refractivity contribution < 1.29 is 1.43 Å². The molecule has 0 aliphatic heterocycles. The summed E-state index contributed by atoms with van der Waals surface area (Å²) < 4.78 is 0. The molecule has 1 nitrogen and oxygen atoms in total. The van der Waals surface area contributed by atoms with Crippen LogP contribution in [0.3, 0.4) is 0 Å². The zero-order valence-corrected chi connectivity index (χ0v) is 8.40. The highest BCUT2D eigenvalue weighted by atomic mass is 14.5. The maximum atomic E-state index is 5.60. The minimum absolute atomic E-state index is 0. The van der Waals surface area contributed by atoms with Crippen LogP contribution in [0.4, 0.5) is 5.69 Å². The van der Waals surface area contributed by atoms with Crippen molar-refractivity contribution in [2.24, 2.45) is 0 Å². The first-order valence-corrected chi connectivity index (χ1v) is 4.56. The zero-order chi connectivity index (χ0) is 10.4. The van der Waals surface area contributed by atoms with Gasteiger partial charge in [-0.1, -0.05) is 43.0 Å². The summed E-state index contributed by atoms with van der Waals surface area (Å²) in [6.45, 7) is 5.68. The Morgan fingerprint density at radius 2 is 1.93 bits per heavy atom. The third-order valence-electron chi connectivity index (χ3n) is 1.96. The van der Waals surface area contributed by atoms with E-state index in [0.717, 1.165) is 5.69 Å². The van der Waals surface area contributed by atoms with Crippen LogP contribution < -0.4 is 5.73 Å². The third-order valence-corrected chi connectivity index (χ3v) is 1.96. The second-order valence-corrected chi connectivity index (χ2v) is 3.09. The topological polar surface area (TPSA) is 26.0 Å². The summed E-state index contributed by atoms with van der Waals surface area (Å²) in [5.74, 6) is 0. The Morgan fingerprint density at radius 3 is 2.50 bits per heavy atom. The second kappa shape index (κ2) is 5.07. The van der Waals surface area contributed by atoms with Crippen molar-refractivity contribution in [1.82, 2.24) is 0 Å². The van der Waals surface area contributed by atoms with Gasteiger partial charge in [0.15, 0.2) is 0 Å². The van der Waals surface area contributed by atoms with E-state index in [2.05, 4.69) is 13.5 Å². The summed E-state index contributed by atoms with van der Waals surface area (Å²) in [4.78, 5) is 0. The van der Waals surface area contributed by atoms with E-state index in [1.165, 1.54) is 11.1 Å². The number of nitrogen functional groups attached to an aromatic ring is 1. The molecular formula is C13H17N. The highest BCUT2D eigenvalue weighted by Gasteiger charge is 1.92. The van der Waals surface area contributed by atoms with Gasteiger partial charge in [-0.2, -0.15) is 0 Å². The van der Waals surface area contributed by atoms with E-state index in [4.69, 9.17) is 5.73 Å². The lowest BCUT2D eigenvalue weighted by Crippen LogP contribution is -1.84. The smallest absolute Gasteiger partial charge is 0.0314 e. The molecule has 0 unspecified atom stereocenters. The zero-order valence-electron chi connectivity index (χ0n) is 8.40. The van der Waals surface area contributed by atoms with E-state index in [1.54, 1.807) is 6.08 Å². The quantitative estimate of drug-likeness (QED) is 0.567. The molecule has 0 atom stereocenters. The van der Waals surface area contributed by atoms with Crippen LogP contribution >= 0.6 is 0 Å². The molecule has 0 aliphatic rings. The molecule has 74 valence electrons. The number of anilines is 1. The minimum atomic E-state index is 0. The fourth-order valence-electron chi connectivity index (χ4n) is 1.12. The molecule has 0 aliphatic carbocycles. The van der Waals surface area contributed by atoms with Crippen LogP contribution in [0.15, 0.2) is 55.1 Å². The van der Waals surface area contributed by atoms with Gasteiger partial charge in [-0.25, -0.2) is 0 Å². The molecule has 0 saturated carbocycles. The van der Waals surface area contributed by atoms with Crippen LogP contribution in [-0.2, 0) is 0 Å². The number of hydrogen-bond donors (Lipinski definition) is 1. The average Bonchev–Trinajstić information content (AvgIpc) is 2.19. The fourth-order valence-corrected chi connectivity index (χ4v) is 1.12. The predicted molar refractivity (Wildman–Crippen MR) is 66.0 cm³/mol. The van der Waals surface area contributed by atoms with Gasteiger partial charge in [0.05, 0.1) is 0 Å². The Balaban J connectivity index is 0.00000196. The van der Waals surface area contributed by atoms with Gasteiger partial charge < -0.3 is 5.73 Å². The lowest BCUT2D eigenvalue weighted by molar-refractivity contribution is 1.56. The Bertz CT molecular complexity index is 361. The standard InChI is InChI=1S/C13H15N.H2/c1-3-4-5-6-11(2)12-7-9-13(14)10-8-12;/h3-10H,1,14H2,2H3;1H/b5-4-,11-6+;. The normalized spacial score (nSPS) is 11.9. The van der Waals surface area contributed by atoms with Crippen molar-refractivity contribution >= 4 is 11.3 Å². The summed E-state index contributed by atoms with van der Waals surface area (Å²) in [5.41, 5.74) is 8.80. The van der Waals surface area contributed by atoms with Gasteiger partial charge in [-0.3, -0.25) is 0 Å².